The number of anilines is 1. The minimum atomic E-state index is 0. The van der Waals surface area contributed by atoms with Crippen molar-refractivity contribution in [2.24, 2.45) is 4.99 Å². The summed E-state index contributed by atoms with van der Waals surface area (Å²) < 4.78 is 5.46. The third kappa shape index (κ3) is 6.93. The second kappa shape index (κ2) is 12.2. The van der Waals surface area contributed by atoms with Crippen LogP contribution in [0.15, 0.2) is 29.3 Å². The van der Waals surface area contributed by atoms with Crippen LogP contribution in [0.1, 0.15) is 13.3 Å². The van der Waals surface area contributed by atoms with Crippen LogP contribution in [-0.2, 0) is 4.79 Å². The van der Waals surface area contributed by atoms with Gasteiger partial charge >= 0.3 is 0 Å². The molecule has 0 bridgehead atoms. The lowest BCUT2D eigenvalue weighted by molar-refractivity contribution is -0.121. The van der Waals surface area contributed by atoms with Crippen molar-refractivity contribution in [1.29, 1.82) is 0 Å². The molecule has 1 heterocycles. The first-order chi connectivity index (χ1) is 11.8. The first-order valence-electron chi connectivity index (χ1n) is 8.29. The number of halogens is 1. The van der Waals surface area contributed by atoms with Gasteiger partial charge in [0.15, 0.2) is 12.6 Å². The van der Waals surface area contributed by atoms with Crippen molar-refractivity contribution >= 4 is 53.3 Å². The van der Waals surface area contributed by atoms with Crippen LogP contribution in [0.5, 0.6) is 5.75 Å². The van der Waals surface area contributed by atoms with E-state index >= 15 is 0 Å². The number of nitrogens with zero attached hydrogens (tertiary/aromatic N) is 2. The number of rotatable bonds is 8. The summed E-state index contributed by atoms with van der Waals surface area (Å²) in [5, 5.41) is 6.54. The minimum Gasteiger partial charge on any atom is -0.482 e. The summed E-state index contributed by atoms with van der Waals surface area (Å²) >= 11 is 1.80. The molecule has 0 aromatic heterocycles. The van der Waals surface area contributed by atoms with Crippen LogP contribution in [0, 0.1) is 0 Å². The third-order valence-electron chi connectivity index (χ3n) is 3.56. The highest BCUT2D eigenvalue weighted by molar-refractivity contribution is 14.0. The van der Waals surface area contributed by atoms with Crippen LogP contribution < -0.4 is 20.3 Å². The Morgan fingerprint density at radius 3 is 2.92 bits per heavy atom. The monoisotopic (exact) mass is 478 g/mol. The number of hydrogen-bond donors (Lipinski definition) is 2. The summed E-state index contributed by atoms with van der Waals surface area (Å²) in [6, 6.07) is 7.65. The van der Waals surface area contributed by atoms with Crippen molar-refractivity contribution in [1.82, 2.24) is 10.6 Å². The summed E-state index contributed by atoms with van der Waals surface area (Å²) in [6.45, 7) is 5.20. The molecule has 0 radical (unpaired) electrons. The Morgan fingerprint density at radius 1 is 1.36 bits per heavy atom. The van der Waals surface area contributed by atoms with Gasteiger partial charge in [-0.2, -0.15) is 11.8 Å². The van der Waals surface area contributed by atoms with Crippen molar-refractivity contribution in [3.05, 3.63) is 24.3 Å². The van der Waals surface area contributed by atoms with Gasteiger partial charge in [-0.1, -0.05) is 12.1 Å². The number of carbonyl (C=O) groups excluding carboxylic acids is 1. The van der Waals surface area contributed by atoms with E-state index in [1.54, 1.807) is 16.7 Å². The van der Waals surface area contributed by atoms with Crippen LogP contribution in [0.4, 0.5) is 5.69 Å². The van der Waals surface area contributed by atoms with Crippen LogP contribution in [0.2, 0.25) is 0 Å². The molecular weight excluding hydrogens is 451 g/mol. The molecule has 2 rings (SSSR count). The quantitative estimate of drug-likeness (QED) is 0.260. The second-order valence-electron chi connectivity index (χ2n) is 5.34. The van der Waals surface area contributed by atoms with E-state index in [1.165, 1.54) is 0 Å². The maximum Gasteiger partial charge on any atom is 0.265 e. The predicted molar refractivity (Wildman–Crippen MR) is 117 cm³/mol. The van der Waals surface area contributed by atoms with Crippen molar-refractivity contribution < 1.29 is 9.53 Å². The fourth-order valence-corrected chi connectivity index (χ4v) is 2.74. The van der Waals surface area contributed by atoms with Gasteiger partial charge in [0.25, 0.3) is 5.91 Å². The maximum atomic E-state index is 12.1. The molecule has 0 unspecified atom stereocenters. The Morgan fingerprint density at radius 2 is 2.16 bits per heavy atom. The summed E-state index contributed by atoms with van der Waals surface area (Å²) in [5.74, 6) is 2.65. The van der Waals surface area contributed by atoms with Crippen LogP contribution in [0.3, 0.4) is 0 Å². The zero-order valence-electron chi connectivity index (χ0n) is 14.8. The number of carbonyl (C=O) groups is 1. The Balaban J connectivity index is 0.00000312. The van der Waals surface area contributed by atoms with Gasteiger partial charge in [-0.05, 0) is 31.7 Å². The first-order valence-corrected chi connectivity index (χ1v) is 9.69. The molecule has 25 heavy (non-hydrogen) atoms. The van der Waals surface area contributed by atoms with Gasteiger partial charge in [-0.25, -0.2) is 0 Å². The zero-order chi connectivity index (χ0) is 17.2. The molecule has 6 nitrogen and oxygen atoms in total. The van der Waals surface area contributed by atoms with Crippen molar-refractivity contribution in [2.45, 2.75) is 13.3 Å². The third-order valence-corrected chi connectivity index (χ3v) is 4.17. The van der Waals surface area contributed by atoms with E-state index < -0.39 is 0 Å². The van der Waals surface area contributed by atoms with Crippen LogP contribution in [-0.4, -0.2) is 56.7 Å². The summed E-state index contributed by atoms with van der Waals surface area (Å²) in [7, 11) is 0. The topological polar surface area (TPSA) is 66.0 Å². The maximum absolute atomic E-state index is 12.1. The average molecular weight is 478 g/mol. The molecule has 1 aromatic rings. The van der Waals surface area contributed by atoms with Gasteiger partial charge in [0.05, 0.1) is 5.69 Å². The second-order valence-corrected chi connectivity index (χ2v) is 6.32. The molecule has 0 saturated carbocycles. The van der Waals surface area contributed by atoms with E-state index in [0.29, 0.717) is 13.1 Å². The van der Waals surface area contributed by atoms with Gasteiger partial charge in [-0.15, -0.1) is 24.0 Å². The number of nitrogens with one attached hydrogen (secondary N) is 2. The SMILES string of the molecule is CCNC(=NCCCN1C(=O)COc2ccccc21)NCCSC.I. The molecule has 0 atom stereocenters. The molecule has 0 spiro atoms. The Hall–Kier alpha value is -1.16. The molecule has 1 aliphatic rings. The molecule has 2 N–H and O–H groups in total. The lowest BCUT2D eigenvalue weighted by Gasteiger charge is -2.29. The largest absolute Gasteiger partial charge is 0.482 e. The molecular formula is C17H27IN4O2S. The zero-order valence-corrected chi connectivity index (χ0v) is 17.9. The van der Waals surface area contributed by atoms with E-state index in [2.05, 4.69) is 28.8 Å². The highest BCUT2D eigenvalue weighted by atomic mass is 127. The fraction of sp³-hybridized carbons (Fsp3) is 0.529. The normalized spacial score (nSPS) is 13.6. The van der Waals surface area contributed by atoms with Crippen molar-refractivity contribution in [3.63, 3.8) is 0 Å². The number of fused-ring (bicyclic) bond motifs is 1. The van der Waals surface area contributed by atoms with Gasteiger partial charge < -0.3 is 20.3 Å². The van der Waals surface area contributed by atoms with Gasteiger partial charge in [0.1, 0.15) is 5.75 Å². The Labute approximate surface area is 171 Å². The van der Waals surface area contributed by atoms with E-state index in [-0.39, 0.29) is 36.5 Å². The number of para-hydroxylation sites is 2. The smallest absolute Gasteiger partial charge is 0.265 e. The first kappa shape index (κ1) is 21.9. The number of benzene rings is 1. The summed E-state index contributed by atoms with van der Waals surface area (Å²) in [5.41, 5.74) is 0.850. The molecule has 8 heteroatoms. The highest BCUT2D eigenvalue weighted by Gasteiger charge is 2.24. The molecule has 140 valence electrons. The molecule has 1 aromatic carbocycles. The number of thioether (sulfide) groups is 1. The predicted octanol–water partition coefficient (Wildman–Crippen LogP) is 2.34. The van der Waals surface area contributed by atoms with Gasteiger partial charge in [0, 0.05) is 31.9 Å². The minimum absolute atomic E-state index is 0. The van der Waals surface area contributed by atoms with Crippen LogP contribution >= 0.6 is 35.7 Å². The van der Waals surface area contributed by atoms with Crippen LogP contribution in [0.25, 0.3) is 0 Å². The number of guanidine groups is 1. The van der Waals surface area contributed by atoms with Gasteiger partial charge in [0.2, 0.25) is 0 Å². The molecule has 0 aliphatic carbocycles. The number of aliphatic imine (C=N–C) groups is 1. The highest BCUT2D eigenvalue weighted by Crippen LogP contribution is 2.31. The molecule has 1 aliphatic heterocycles. The fourth-order valence-electron chi connectivity index (χ4n) is 2.43. The summed E-state index contributed by atoms with van der Waals surface area (Å²) in [4.78, 5) is 18.5. The standard InChI is InChI=1S/C17H26N4O2S.HI/c1-3-18-17(20-10-12-24-2)19-9-6-11-21-14-7-4-5-8-15(14)23-13-16(21)22;/h4-5,7-8H,3,6,9-13H2,1-2H3,(H2,18,19,20);1H. The molecule has 0 fully saturated rings. The van der Waals surface area contributed by atoms with E-state index in [9.17, 15) is 4.79 Å². The lowest BCUT2D eigenvalue weighted by atomic mass is 10.2. The van der Waals surface area contributed by atoms with Crippen molar-refractivity contribution in [2.75, 3.05) is 49.7 Å². The Bertz CT molecular complexity index is 571. The van der Waals surface area contributed by atoms with Gasteiger partial charge in [-0.3, -0.25) is 9.79 Å². The number of amides is 1. The van der Waals surface area contributed by atoms with E-state index in [4.69, 9.17) is 4.74 Å². The number of hydrogen-bond acceptors (Lipinski definition) is 4. The Kier molecular flexibility index (Phi) is 10.7. The van der Waals surface area contributed by atoms with Crippen molar-refractivity contribution in [3.8, 4) is 5.75 Å². The summed E-state index contributed by atoms with van der Waals surface area (Å²) in [6.07, 6.45) is 2.89. The van der Waals surface area contributed by atoms with E-state index in [0.717, 1.165) is 42.7 Å². The average Bonchev–Trinajstić information content (AvgIpc) is 2.60. The lowest BCUT2D eigenvalue weighted by Crippen LogP contribution is -2.40. The molecule has 1 amide bonds. The number of ether oxygens (including phenoxy) is 1. The molecule has 0 saturated heterocycles. The van der Waals surface area contributed by atoms with E-state index in [1.807, 2.05) is 24.3 Å².